The molecule has 0 heterocycles. The van der Waals surface area contributed by atoms with Crippen LogP contribution >= 0.6 is 0 Å². The Labute approximate surface area is 125 Å². The summed E-state index contributed by atoms with van der Waals surface area (Å²) in [5, 5.41) is 0. The molecule has 4 heteroatoms. The second kappa shape index (κ2) is 6.99. The molecule has 2 rings (SSSR count). The molecule has 2 N–H and O–H groups in total. The second-order valence-corrected chi connectivity index (χ2v) is 4.56. The Morgan fingerprint density at radius 2 is 1.71 bits per heavy atom. The molecule has 112 valence electrons. The van der Waals surface area contributed by atoms with Gasteiger partial charge in [0.15, 0.2) is 11.5 Å². The van der Waals surface area contributed by atoms with Gasteiger partial charge in [-0.2, -0.15) is 0 Å². The van der Waals surface area contributed by atoms with Gasteiger partial charge in [0.05, 0.1) is 26.9 Å². The molecule has 4 nitrogen and oxygen atoms in total. The first-order valence-corrected chi connectivity index (χ1v) is 6.90. The van der Waals surface area contributed by atoms with Crippen LogP contribution in [0.1, 0.15) is 24.1 Å². The quantitative estimate of drug-likeness (QED) is 0.886. The molecule has 0 saturated carbocycles. The van der Waals surface area contributed by atoms with Gasteiger partial charge in [0.2, 0.25) is 0 Å². The fourth-order valence-electron chi connectivity index (χ4n) is 2.27. The molecule has 0 aliphatic rings. The first kappa shape index (κ1) is 15.2. The van der Waals surface area contributed by atoms with E-state index in [0.29, 0.717) is 18.1 Å². The van der Waals surface area contributed by atoms with Crippen LogP contribution in [0.4, 0.5) is 0 Å². The van der Waals surface area contributed by atoms with Crippen LogP contribution in [0.3, 0.4) is 0 Å². The molecule has 2 aromatic rings. The van der Waals surface area contributed by atoms with Gasteiger partial charge in [-0.3, -0.25) is 0 Å². The van der Waals surface area contributed by atoms with Crippen LogP contribution in [0, 0.1) is 0 Å². The van der Waals surface area contributed by atoms with E-state index >= 15 is 0 Å². The van der Waals surface area contributed by atoms with Crippen LogP contribution in [0.15, 0.2) is 42.5 Å². The maximum absolute atomic E-state index is 6.36. The molecule has 0 radical (unpaired) electrons. The van der Waals surface area contributed by atoms with Gasteiger partial charge in [0, 0.05) is 5.56 Å². The van der Waals surface area contributed by atoms with Gasteiger partial charge in [0.25, 0.3) is 0 Å². The van der Waals surface area contributed by atoms with Gasteiger partial charge in [-0.25, -0.2) is 0 Å². The average molecular weight is 287 g/mol. The molecule has 0 amide bonds. The van der Waals surface area contributed by atoms with Crippen LogP contribution < -0.4 is 19.9 Å². The minimum Gasteiger partial charge on any atom is -0.494 e. The summed E-state index contributed by atoms with van der Waals surface area (Å²) in [7, 11) is 3.23. The van der Waals surface area contributed by atoms with E-state index in [4.69, 9.17) is 19.9 Å². The first-order chi connectivity index (χ1) is 10.2. The number of ether oxygens (including phenoxy) is 3. The molecule has 0 bridgehead atoms. The Morgan fingerprint density at radius 1 is 1.00 bits per heavy atom. The summed E-state index contributed by atoms with van der Waals surface area (Å²) in [5.41, 5.74) is 8.24. The van der Waals surface area contributed by atoms with Crippen molar-refractivity contribution in [3.8, 4) is 17.2 Å². The highest BCUT2D eigenvalue weighted by Crippen LogP contribution is 2.36. The van der Waals surface area contributed by atoms with Gasteiger partial charge >= 0.3 is 0 Å². The summed E-state index contributed by atoms with van der Waals surface area (Å²) < 4.78 is 16.2. The summed E-state index contributed by atoms with van der Waals surface area (Å²) >= 11 is 0. The molecule has 0 saturated heterocycles. The Hall–Kier alpha value is -2.20. The fraction of sp³-hybridized carbons (Fsp3) is 0.294. The Morgan fingerprint density at radius 3 is 2.29 bits per heavy atom. The zero-order valence-corrected chi connectivity index (χ0v) is 12.6. The topological polar surface area (TPSA) is 53.7 Å². The molecule has 0 aliphatic carbocycles. The van der Waals surface area contributed by atoms with Crippen molar-refractivity contribution in [2.24, 2.45) is 5.73 Å². The van der Waals surface area contributed by atoms with E-state index in [1.807, 2.05) is 49.4 Å². The highest BCUT2D eigenvalue weighted by Gasteiger charge is 2.17. The lowest BCUT2D eigenvalue weighted by molar-refractivity contribution is 0.340. The van der Waals surface area contributed by atoms with Crippen molar-refractivity contribution in [2.75, 3.05) is 20.8 Å². The normalized spacial score (nSPS) is 11.8. The molecule has 0 aliphatic heterocycles. The van der Waals surface area contributed by atoms with E-state index < -0.39 is 0 Å². The van der Waals surface area contributed by atoms with E-state index in [1.54, 1.807) is 14.2 Å². The van der Waals surface area contributed by atoms with Crippen molar-refractivity contribution in [1.82, 2.24) is 0 Å². The molecule has 21 heavy (non-hydrogen) atoms. The lowest BCUT2D eigenvalue weighted by atomic mass is 9.98. The van der Waals surface area contributed by atoms with E-state index in [1.165, 1.54) is 0 Å². The lowest BCUT2D eigenvalue weighted by Gasteiger charge is -2.18. The average Bonchev–Trinajstić information content (AvgIpc) is 2.54. The SMILES string of the molecule is CCOc1ccc(C(N)c2cccc(OC)c2OC)cc1. The largest absolute Gasteiger partial charge is 0.494 e. The Bertz CT molecular complexity index is 581. The number of benzene rings is 2. The first-order valence-electron chi connectivity index (χ1n) is 6.90. The fourth-order valence-corrected chi connectivity index (χ4v) is 2.27. The van der Waals surface area contributed by atoms with Crippen molar-refractivity contribution < 1.29 is 14.2 Å². The van der Waals surface area contributed by atoms with E-state index in [9.17, 15) is 0 Å². The number of nitrogens with two attached hydrogens (primary N) is 1. The van der Waals surface area contributed by atoms with Crippen LogP contribution in [-0.4, -0.2) is 20.8 Å². The summed E-state index contributed by atoms with van der Waals surface area (Å²) in [6, 6.07) is 13.2. The Balaban J connectivity index is 2.33. The smallest absolute Gasteiger partial charge is 0.165 e. The van der Waals surface area contributed by atoms with Gasteiger partial charge in [0.1, 0.15) is 5.75 Å². The van der Waals surface area contributed by atoms with Crippen molar-refractivity contribution >= 4 is 0 Å². The van der Waals surface area contributed by atoms with Crippen LogP contribution in [0.2, 0.25) is 0 Å². The summed E-state index contributed by atoms with van der Waals surface area (Å²) in [4.78, 5) is 0. The molecular formula is C17H21NO3. The highest BCUT2D eigenvalue weighted by molar-refractivity contribution is 5.50. The lowest BCUT2D eigenvalue weighted by Crippen LogP contribution is -2.13. The summed E-state index contributed by atoms with van der Waals surface area (Å²) in [6.45, 7) is 2.61. The number of methoxy groups -OCH3 is 2. The van der Waals surface area contributed by atoms with Crippen molar-refractivity contribution in [2.45, 2.75) is 13.0 Å². The van der Waals surface area contributed by atoms with Crippen molar-refractivity contribution in [3.63, 3.8) is 0 Å². The molecule has 0 spiro atoms. The summed E-state index contributed by atoms with van der Waals surface area (Å²) in [5.74, 6) is 2.18. The van der Waals surface area contributed by atoms with Crippen LogP contribution in [0.25, 0.3) is 0 Å². The summed E-state index contributed by atoms with van der Waals surface area (Å²) in [6.07, 6.45) is 0. The number of rotatable bonds is 6. The molecule has 1 atom stereocenters. The zero-order chi connectivity index (χ0) is 15.2. The molecule has 0 aromatic heterocycles. The highest BCUT2D eigenvalue weighted by atomic mass is 16.5. The predicted octanol–water partition coefficient (Wildman–Crippen LogP) is 3.15. The third-order valence-corrected chi connectivity index (χ3v) is 3.32. The molecule has 0 fully saturated rings. The van der Waals surface area contributed by atoms with Crippen molar-refractivity contribution in [3.05, 3.63) is 53.6 Å². The third kappa shape index (κ3) is 3.28. The molecule has 1 unspecified atom stereocenters. The zero-order valence-electron chi connectivity index (χ0n) is 12.6. The van der Waals surface area contributed by atoms with E-state index in [2.05, 4.69) is 0 Å². The van der Waals surface area contributed by atoms with Crippen molar-refractivity contribution in [1.29, 1.82) is 0 Å². The van der Waals surface area contributed by atoms with E-state index in [-0.39, 0.29) is 6.04 Å². The minimum atomic E-state index is -0.286. The van der Waals surface area contributed by atoms with Gasteiger partial charge in [-0.1, -0.05) is 24.3 Å². The number of para-hydroxylation sites is 1. The van der Waals surface area contributed by atoms with Gasteiger partial charge in [-0.15, -0.1) is 0 Å². The number of hydrogen-bond acceptors (Lipinski definition) is 4. The third-order valence-electron chi connectivity index (χ3n) is 3.32. The second-order valence-electron chi connectivity index (χ2n) is 4.56. The van der Waals surface area contributed by atoms with Gasteiger partial charge in [-0.05, 0) is 30.7 Å². The van der Waals surface area contributed by atoms with E-state index in [0.717, 1.165) is 16.9 Å². The standard InChI is InChI=1S/C17H21NO3/c1-4-21-13-10-8-12(9-11-13)16(18)14-6-5-7-15(19-2)17(14)20-3/h5-11,16H,4,18H2,1-3H3. The monoisotopic (exact) mass is 287 g/mol. The van der Waals surface area contributed by atoms with Crippen LogP contribution in [0.5, 0.6) is 17.2 Å². The predicted molar refractivity (Wildman–Crippen MR) is 83.2 cm³/mol. The molecule has 2 aromatic carbocycles. The maximum Gasteiger partial charge on any atom is 0.165 e. The Kier molecular flexibility index (Phi) is 5.06. The minimum absolute atomic E-state index is 0.286. The maximum atomic E-state index is 6.36. The molecular weight excluding hydrogens is 266 g/mol. The van der Waals surface area contributed by atoms with Crippen LogP contribution in [-0.2, 0) is 0 Å². The van der Waals surface area contributed by atoms with Gasteiger partial charge < -0.3 is 19.9 Å². The number of hydrogen-bond donors (Lipinski definition) is 1.